The number of hydrogen-bond acceptors (Lipinski definition) is 6. The summed E-state index contributed by atoms with van der Waals surface area (Å²) in [5.41, 5.74) is 4.09. The average Bonchev–Trinajstić information content (AvgIpc) is 3.01. The van der Waals surface area contributed by atoms with Crippen molar-refractivity contribution in [2.75, 3.05) is 11.9 Å². The van der Waals surface area contributed by atoms with E-state index < -0.39 is 29.6 Å². The number of anilines is 1. The van der Waals surface area contributed by atoms with Crippen LogP contribution in [0.1, 0.15) is 32.4 Å². The first-order chi connectivity index (χ1) is 11.6. The summed E-state index contributed by atoms with van der Waals surface area (Å²) >= 11 is 1.09. The molecule has 0 spiro atoms. The Morgan fingerprint density at radius 1 is 1.52 bits per heavy atom. The predicted octanol–water partition coefficient (Wildman–Crippen LogP) is 0.394. The Morgan fingerprint density at radius 2 is 2.20 bits per heavy atom. The SMILES string of the molecule is Cc1cc(NC(=O)NC2(O)CCN(C(CC(C)C)C(N)=O)C2=O)sn1. The van der Waals surface area contributed by atoms with E-state index in [0.717, 1.165) is 17.2 Å². The molecule has 25 heavy (non-hydrogen) atoms. The Kier molecular flexibility index (Phi) is 5.63. The Labute approximate surface area is 149 Å². The molecule has 1 aliphatic rings. The van der Waals surface area contributed by atoms with Gasteiger partial charge in [0.05, 0.1) is 5.69 Å². The number of hydrogen-bond donors (Lipinski definition) is 4. The van der Waals surface area contributed by atoms with Gasteiger partial charge in [-0.05, 0) is 36.9 Å². The van der Waals surface area contributed by atoms with E-state index in [4.69, 9.17) is 5.73 Å². The minimum atomic E-state index is -2.06. The lowest BCUT2D eigenvalue weighted by Crippen LogP contribution is -2.57. The minimum Gasteiger partial charge on any atom is -0.368 e. The maximum Gasteiger partial charge on any atom is 0.322 e. The van der Waals surface area contributed by atoms with Crippen molar-refractivity contribution in [3.63, 3.8) is 0 Å². The number of carbonyl (C=O) groups excluding carboxylic acids is 3. The molecule has 0 aromatic carbocycles. The summed E-state index contributed by atoms with van der Waals surface area (Å²) in [7, 11) is 0. The first-order valence-corrected chi connectivity index (χ1v) is 8.75. The molecule has 1 saturated heterocycles. The monoisotopic (exact) mass is 369 g/mol. The fraction of sp³-hybridized carbons (Fsp3) is 0.600. The van der Waals surface area contributed by atoms with Crippen molar-refractivity contribution < 1.29 is 19.5 Å². The van der Waals surface area contributed by atoms with Crippen molar-refractivity contribution in [3.05, 3.63) is 11.8 Å². The number of aromatic nitrogens is 1. The van der Waals surface area contributed by atoms with Gasteiger partial charge in [0.15, 0.2) is 0 Å². The van der Waals surface area contributed by atoms with Gasteiger partial charge in [-0.2, -0.15) is 4.37 Å². The number of likely N-dealkylation sites (tertiary alicyclic amines) is 1. The van der Waals surface area contributed by atoms with Crippen LogP contribution in [0.3, 0.4) is 0 Å². The Bertz CT molecular complexity index is 677. The standard InChI is InChI=1S/C15H23N5O4S/c1-8(2)6-10(12(16)21)20-5-4-15(24,13(20)22)18-14(23)17-11-7-9(3)19-25-11/h7-8,10,24H,4-6H2,1-3H3,(H2,16,21)(H2,17,18,23). The molecule has 138 valence electrons. The Hall–Kier alpha value is -2.20. The molecule has 4 amide bonds. The summed E-state index contributed by atoms with van der Waals surface area (Å²) in [6, 6.07) is 0.138. The first kappa shape index (κ1) is 19.1. The largest absolute Gasteiger partial charge is 0.368 e. The lowest BCUT2D eigenvalue weighted by molar-refractivity contribution is -0.149. The number of urea groups is 1. The molecular formula is C15H23N5O4S. The second-order valence-corrected chi connectivity index (χ2v) is 7.37. The highest BCUT2D eigenvalue weighted by Gasteiger charge is 2.49. The third-order valence-electron chi connectivity index (χ3n) is 3.91. The minimum absolute atomic E-state index is 0.0250. The molecule has 0 bridgehead atoms. The number of aliphatic hydroxyl groups is 1. The van der Waals surface area contributed by atoms with Crippen LogP contribution in [0.15, 0.2) is 6.07 Å². The van der Waals surface area contributed by atoms with Crippen LogP contribution in [0, 0.1) is 12.8 Å². The number of primary amides is 1. The number of nitrogens with two attached hydrogens (primary N) is 1. The highest BCUT2D eigenvalue weighted by Crippen LogP contribution is 2.25. The fourth-order valence-electron chi connectivity index (χ4n) is 2.74. The Morgan fingerprint density at radius 3 is 2.72 bits per heavy atom. The lowest BCUT2D eigenvalue weighted by atomic mass is 10.0. The number of nitrogens with zero attached hydrogens (tertiary/aromatic N) is 2. The van der Waals surface area contributed by atoms with Crippen LogP contribution in [-0.4, -0.2) is 50.5 Å². The van der Waals surface area contributed by atoms with Gasteiger partial charge in [0.25, 0.3) is 5.91 Å². The molecule has 1 fully saturated rings. The normalized spacial score (nSPS) is 21.5. The summed E-state index contributed by atoms with van der Waals surface area (Å²) < 4.78 is 4.03. The van der Waals surface area contributed by atoms with Crippen LogP contribution in [-0.2, 0) is 9.59 Å². The van der Waals surface area contributed by atoms with Gasteiger partial charge in [0.1, 0.15) is 11.0 Å². The molecular weight excluding hydrogens is 346 g/mol. The van der Waals surface area contributed by atoms with Crippen LogP contribution in [0.4, 0.5) is 9.80 Å². The molecule has 0 saturated carbocycles. The van der Waals surface area contributed by atoms with Crippen molar-refractivity contribution in [3.8, 4) is 0 Å². The molecule has 2 unspecified atom stereocenters. The molecule has 2 atom stereocenters. The third kappa shape index (κ3) is 4.45. The zero-order chi connectivity index (χ0) is 18.8. The van der Waals surface area contributed by atoms with Crippen LogP contribution in [0.5, 0.6) is 0 Å². The summed E-state index contributed by atoms with van der Waals surface area (Å²) in [4.78, 5) is 37.5. The molecule has 1 aliphatic heterocycles. The molecule has 5 N–H and O–H groups in total. The van der Waals surface area contributed by atoms with Gasteiger partial charge in [-0.3, -0.25) is 14.9 Å². The first-order valence-electron chi connectivity index (χ1n) is 7.97. The molecule has 1 aromatic heterocycles. The van der Waals surface area contributed by atoms with Crippen molar-refractivity contribution >= 4 is 34.4 Å². The molecule has 2 rings (SSSR count). The van der Waals surface area contributed by atoms with Crippen molar-refractivity contribution in [1.82, 2.24) is 14.6 Å². The highest BCUT2D eigenvalue weighted by molar-refractivity contribution is 7.10. The van der Waals surface area contributed by atoms with E-state index in [0.29, 0.717) is 11.4 Å². The molecule has 9 nitrogen and oxygen atoms in total. The zero-order valence-electron chi connectivity index (χ0n) is 14.4. The van der Waals surface area contributed by atoms with Gasteiger partial charge in [-0.1, -0.05) is 13.8 Å². The maximum atomic E-state index is 12.6. The predicted molar refractivity (Wildman–Crippen MR) is 92.7 cm³/mol. The molecule has 10 heteroatoms. The van der Waals surface area contributed by atoms with Crippen LogP contribution in [0.25, 0.3) is 0 Å². The topological polar surface area (TPSA) is 138 Å². The van der Waals surface area contributed by atoms with Gasteiger partial charge in [-0.15, -0.1) is 0 Å². The number of rotatable bonds is 6. The van der Waals surface area contributed by atoms with E-state index in [1.165, 1.54) is 4.90 Å². The van der Waals surface area contributed by atoms with Crippen LogP contribution < -0.4 is 16.4 Å². The smallest absolute Gasteiger partial charge is 0.322 e. The van der Waals surface area contributed by atoms with Crippen LogP contribution >= 0.6 is 11.5 Å². The van der Waals surface area contributed by atoms with Crippen molar-refractivity contribution in [2.45, 2.75) is 45.4 Å². The van der Waals surface area contributed by atoms with Gasteiger partial charge in [0.2, 0.25) is 11.6 Å². The number of amides is 4. The second kappa shape index (κ2) is 7.36. The Balaban J connectivity index is 2.05. The molecule has 0 aliphatic carbocycles. The molecule has 2 heterocycles. The number of carbonyl (C=O) groups is 3. The van der Waals surface area contributed by atoms with Gasteiger partial charge >= 0.3 is 6.03 Å². The molecule has 1 aromatic rings. The average molecular weight is 369 g/mol. The number of aryl methyl sites for hydroxylation is 1. The summed E-state index contributed by atoms with van der Waals surface area (Å²) in [6.45, 7) is 5.73. The quantitative estimate of drug-likeness (QED) is 0.538. The zero-order valence-corrected chi connectivity index (χ0v) is 15.2. The summed E-state index contributed by atoms with van der Waals surface area (Å²) in [6.07, 6.45) is 0.367. The lowest BCUT2D eigenvalue weighted by Gasteiger charge is -2.28. The van der Waals surface area contributed by atoms with Crippen molar-refractivity contribution in [2.24, 2.45) is 11.7 Å². The van der Waals surface area contributed by atoms with E-state index in [-0.39, 0.29) is 18.9 Å². The molecule has 0 radical (unpaired) electrons. The summed E-state index contributed by atoms with van der Waals surface area (Å²) in [5, 5.41) is 15.8. The maximum absolute atomic E-state index is 12.6. The number of nitrogens with one attached hydrogen (secondary N) is 2. The van der Waals surface area contributed by atoms with Gasteiger partial charge in [-0.25, -0.2) is 4.79 Å². The van der Waals surface area contributed by atoms with E-state index >= 15 is 0 Å². The van der Waals surface area contributed by atoms with E-state index in [2.05, 4.69) is 15.0 Å². The highest BCUT2D eigenvalue weighted by atomic mass is 32.1. The van der Waals surface area contributed by atoms with E-state index in [1.807, 2.05) is 13.8 Å². The fourth-order valence-corrected chi connectivity index (χ4v) is 3.40. The third-order valence-corrected chi connectivity index (χ3v) is 4.71. The summed E-state index contributed by atoms with van der Waals surface area (Å²) in [5.74, 6) is -1.21. The van der Waals surface area contributed by atoms with Gasteiger partial charge < -0.3 is 21.1 Å². The second-order valence-electron chi connectivity index (χ2n) is 6.57. The van der Waals surface area contributed by atoms with Crippen LogP contribution in [0.2, 0.25) is 0 Å². The van der Waals surface area contributed by atoms with Gasteiger partial charge in [0, 0.05) is 13.0 Å². The van der Waals surface area contributed by atoms with Crippen molar-refractivity contribution in [1.29, 1.82) is 0 Å². The van der Waals surface area contributed by atoms with E-state index in [9.17, 15) is 19.5 Å². The van der Waals surface area contributed by atoms with E-state index in [1.54, 1.807) is 13.0 Å².